The van der Waals surface area contributed by atoms with Crippen LogP contribution in [0, 0.1) is 5.92 Å². The summed E-state index contributed by atoms with van der Waals surface area (Å²) in [6, 6.07) is 11.4. The van der Waals surface area contributed by atoms with Crippen molar-refractivity contribution in [2.45, 2.75) is 36.8 Å². The SMILES string of the molecule is O=C(Nc1ccccc1N1CCCC1)C1CCN(S(=O)(=O)c2cccc(C(F)(F)F)c2)CC1. The zero-order valence-electron chi connectivity index (χ0n) is 18.0. The highest BCUT2D eigenvalue weighted by Gasteiger charge is 2.35. The minimum absolute atomic E-state index is 0.0738. The van der Waals surface area contributed by atoms with E-state index in [1.165, 1.54) is 6.07 Å². The molecule has 2 aliphatic rings. The summed E-state index contributed by atoms with van der Waals surface area (Å²) in [6.07, 6.45) is -1.80. The first-order valence-electron chi connectivity index (χ1n) is 11.0. The van der Waals surface area contributed by atoms with E-state index in [4.69, 9.17) is 0 Å². The van der Waals surface area contributed by atoms with E-state index in [1.807, 2.05) is 24.3 Å². The second-order valence-electron chi connectivity index (χ2n) is 8.40. The molecule has 2 aromatic rings. The number of carbonyl (C=O) groups excluding carboxylic acids is 1. The zero-order chi connectivity index (χ0) is 23.6. The fourth-order valence-electron chi connectivity index (χ4n) is 4.39. The molecule has 2 fully saturated rings. The van der Waals surface area contributed by atoms with Gasteiger partial charge in [-0.15, -0.1) is 0 Å². The van der Waals surface area contributed by atoms with Crippen molar-refractivity contribution in [1.29, 1.82) is 0 Å². The fraction of sp³-hybridized carbons (Fsp3) is 0.435. The Hall–Kier alpha value is -2.59. The molecule has 1 amide bonds. The number of para-hydroxylation sites is 2. The van der Waals surface area contributed by atoms with Gasteiger partial charge in [-0.05, 0) is 56.0 Å². The molecule has 178 valence electrons. The van der Waals surface area contributed by atoms with Crippen LogP contribution in [0.25, 0.3) is 0 Å². The standard InChI is InChI=1S/C23H26F3N3O3S/c24-23(25,26)18-6-5-7-19(16-18)33(31,32)29-14-10-17(11-15-29)22(30)27-20-8-1-2-9-21(20)28-12-3-4-13-28/h1-2,5-9,16-17H,3-4,10-15H2,(H,27,30). The van der Waals surface area contributed by atoms with E-state index >= 15 is 0 Å². The van der Waals surface area contributed by atoms with Gasteiger partial charge in [-0.3, -0.25) is 4.79 Å². The van der Waals surface area contributed by atoms with Crippen LogP contribution in [0.1, 0.15) is 31.2 Å². The number of carbonyl (C=O) groups is 1. The Morgan fingerprint density at radius 1 is 0.939 bits per heavy atom. The molecule has 0 atom stereocenters. The monoisotopic (exact) mass is 481 g/mol. The number of sulfonamides is 1. The first-order valence-corrected chi connectivity index (χ1v) is 12.4. The molecular weight excluding hydrogens is 455 g/mol. The van der Waals surface area contributed by atoms with Gasteiger partial charge >= 0.3 is 6.18 Å². The second-order valence-corrected chi connectivity index (χ2v) is 10.3. The van der Waals surface area contributed by atoms with Crippen molar-refractivity contribution in [2.24, 2.45) is 5.92 Å². The van der Waals surface area contributed by atoms with Crippen molar-refractivity contribution in [1.82, 2.24) is 4.31 Å². The van der Waals surface area contributed by atoms with Gasteiger partial charge in [0.2, 0.25) is 15.9 Å². The maximum atomic E-state index is 13.0. The van der Waals surface area contributed by atoms with Gasteiger partial charge in [-0.1, -0.05) is 18.2 Å². The van der Waals surface area contributed by atoms with Crippen LogP contribution >= 0.6 is 0 Å². The third-order valence-electron chi connectivity index (χ3n) is 6.23. The minimum atomic E-state index is -4.62. The highest BCUT2D eigenvalue weighted by molar-refractivity contribution is 7.89. The van der Waals surface area contributed by atoms with Crippen LogP contribution in [0.3, 0.4) is 0 Å². The summed E-state index contributed by atoms with van der Waals surface area (Å²) in [5.74, 6) is -0.539. The van der Waals surface area contributed by atoms with Gasteiger partial charge in [0.15, 0.2) is 0 Å². The maximum absolute atomic E-state index is 13.0. The Morgan fingerprint density at radius 3 is 2.27 bits per heavy atom. The number of piperidine rings is 1. The van der Waals surface area contributed by atoms with E-state index in [-0.39, 0.29) is 29.8 Å². The molecule has 2 heterocycles. The fourth-order valence-corrected chi connectivity index (χ4v) is 5.90. The number of alkyl halides is 3. The summed E-state index contributed by atoms with van der Waals surface area (Å²) >= 11 is 0. The highest BCUT2D eigenvalue weighted by Crippen LogP contribution is 2.33. The van der Waals surface area contributed by atoms with Crippen LogP contribution in [0.5, 0.6) is 0 Å². The molecular formula is C23H26F3N3O3S. The smallest absolute Gasteiger partial charge is 0.370 e. The molecule has 2 saturated heterocycles. The summed E-state index contributed by atoms with van der Waals surface area (Å²) in [4.78, 5) is 14.7. The Balaban J connectivity index is 1.41. The van der Waals surface area contributed by atoms with Gasteiger partial charge in [-0.25, -0.2) is 8.42 Å². The molecule has 0 aromatic heterocycles. The van der Waals surface area contributed by atoms with E-state index in [2.05, 4.69) is 10.2 Å². The molecule has 6 nitrogen and oxygen atoms in total. The lowest BCUT2D eigenvalue weighted by Crippen LogP contribution is -2.41. The first kappa shape index (κ1) is 23.6. The normalized spacial score (nSPS) is 18.5. The first-order chi connectivity index (χ1) is 15.7. The van der Waals surface area contributed by atoms with Crippen molar-refractivity contribution in [3.05, 3.63) is 54.1 Å². The molecule has 10 heteroatoms. The quantitative estimate of drug-likeness (QED) is 0.690. The van der Waals surface area contributed by atoms with E-state index in [0.29, 0.717) is 18.9 Å². The van der Waals surface area contributed by atoms with Crippen LogP contribution in [-0.4, -0.2) is 44.8 Å². The van der Waals surface area contributed by atoms with Gasteiger partial charge in [-0.2, -0.15) is 17.5 Å². The molecule has 0 radical (unpaired) electrons. The lowest BCUT2D eigenvalue weighted by Gasteiger charge is -2.31. The van der Waals surface area contributed by atoms with E-state index in [9.17, 15) is 26.4 Å². The summed E-state index contributed by atoms with van der Waals surface area (Å²) in [5, 5.41) is 2.99. The molecule has 0 unspecified atom stereocenters. The molecule has 0 aliphatic carbocycles. The van der Waals surface area contributed by atoms with Crippen LogP contribution < -0.4 is 10.2 Å². The average Bonchev–Trinajstić information content (AvgIpc) is 3.34. The molecule has 0 spiro atoms. The van der Waals surface area contributed by atoms with Crippen molar-refractivity contribution in [2.75, 3.05) is 36.4 Å². The van der Waals surface area contributed by atoms with Gasteiger partial charge < -0.3 is 10.2 Å². The third-order valence-corrected chi connectivity index (χ3v) is 8.13. The summed E-state index contributed by atoms with van der Waals surface area (Å²) in [5.41, 5.74) is 0.714. The number of nitrogens with zero attached hydrogens (tertiary/aromatic N) is 2. The average molecular weight is 482 g/mol. The van der Waals surface area contributed by atoms with Crippen LogP contribution in [0.2, 0.25) is 0 Å². The Bertz CT molecular complexity index is 1110. The van der Waals surface area contributed by atoms with Crippen molar-refractivity contribution < 1.29 is 26.4 Å². The topological polar surface area (TPSA) is 69.7 Å². The highest BCUT2D eigenvalue weighted by atomic mass is 32.2. The lowest BCUT2D eigenvalue weighted by atomic mass is 9.97. The number of anilines is 2. The number of amides is 1. The molecule has 4 rings (SSSR count). The van der Waals surface area contributed by atoms with Gasteiger partial charge in [0.05, 0.1) is 21.8 Å². The largest absolute Gasteiger partial charge is 0.416 e. The number of nitrogens with one attached hydrogen (secondary N) is 1. The molecule has 2 aromatic carbocycles. The van der Waals surface area contributed by atoms with Gasteiger partial charge in [0.25, 0.3) is 0 Å². The molecule has 0 bridgehead atoms. The number of benzene rings is 2. The maximum Gasteiger partial charge on any atom is 0.416 e. The predicted molar refractivity (Wildman–Crippen MR) is 119 cm³/mol. The van der Waals surface area contributed by atoms with Crippen LogP contribution in [-0.2, 0) is 21.0 Å². The van der Waals surface area contributed by atoms with E-state index in [0.717, 1.165) is 53.7 Å². The van der Waals surface area contributed by atoms with Crippen molar-refractivity contribution >= 4 is 27.3 Å². The minimum Gasteiger partial charge on any atom is -0.370 e. The van der Waals surface area contributed by atoms with Crippen LogP contribution in [0.4, 0.5) is 24.5 Å². The summed E-state index contributed by atoms with van der Waals surface area (Å²) in [6.45, 7) is 2.03. The van der Waals surface area contributed by atoms with Crippen molar-refractivity contribution in [3.63, 3.8) is 0 Å². The van der Waals surface area contributed by atoms with Crippen LogP contribution in [0.15, 0.2) is 53.4 Å². The molecule has 33 heavy (non-hydrogen) atoms. The number of rotatable bonds is 5. The molecule has 0 saturated carbocycles. The molecule has 1 N–H and O–H groups in total. The Labute approximate surface area is 191 Å². The van der Waals surface area contributed by atoms with Gasteiger partial charge in [0, 0.05) is 32.1 Å². The van der Waals surface area contributed by atoms with Crippen molar-refractivity contribution in [3.8, 4) is 0 Å². The van der Waals surface area contributed by atoms with E-state index in [1.54, 1.807) is 0 Å². The predicted octanol–water partition coefficient (Wildman–Crippen LogP) is 4.35. The Kier molecular flexibility index (Phi) is 6.67. The lowest BCUT2D eigenvalue weighted by molar-refractivity contribution is -0.137. The van der Waals surface area contributed by atoms with E-state index < -0.39 is 21.8 Å². The third kappa shape index (κ3) is 5.16. The summed E-state index contributed by atoms with van der Waals surface area (Å²) in [7, 11) is -4.08. The number of halogens is 3. The van der Waals surface area contributed by atoms with Gasteiger partial charge in [0.1, 0.15) is 0 Å². The number of hydrogen-bond acceptors (Lipinski definition) is 4. The summed E-state index contributed by atoms with van der Waals surface area (Å²) < 4.78 is 65.9. The second kappa shape index (κ2) is 9.34. The zero-order valence-corrected chi connectivity index (χ0v) is 18.8. The Morgan fingerprint density at radius 2 is 1.61 bits per heavy atom. The number of hydrogen-bond donors (Lipinski definition) is 1. The molecule has 2 aliphatic heterocycles.